The highest BCUT2D eigenvalue weighted by atomic mass is 16.4. The first-order valence-corrected chi connectivity index (χ1v) is 8.86. The maximum Gasteiger partial charge on any atom is 0.311 e. The van der Waals surface area contributed by atoms with Crippen molar-refractivity contribution in [1.29, 1.82) is 5.26 Å². The van der Waals surface area contributed by atoms with Crippen LogP contribution in [0.4, 0.5) is 5.82 Å². The molecule has 0 aliphatic carbocycles. The van der Waals surface area contributed by atoms with E-state index in [1.165, 1.54) is 0 Å². The summed E-state index contributed by atoms with van der Waals surface area (Å²) in [7, 11) is 0. The second kappa shape index (κ2) is 7.17. The molecule has 0 amide bonds. The molecule has 1 aliphatic rings. The fourth-order valence-corrected chi connectivity index (χ4v) is 3.88. The van der Waals surface area contributed by atoms with Crippen LogP contribution in [0.15, 0.2) is 36.4 Å². The van der Waals surface area contributed by atoms with Gasteiger partial charge in [-0.1, -0.05) is 30.3 Å². The molecule has 1 aliphatic heterocycles. The highest BCUT2D eigenvalue weighted by Crippen LogP contribution is 2.37. The number of benzene rings is 1. The van der Waals surface area contributed by atoms with Crippen LogP contribution in [0.2, 0.25) is 0 Å². The predicted octanol–water partition coefficient (Wildman–Crippen LogP) is 3.48. The lowest BCUT2D eigenvalue weighted by Gasteiger charge is -2.41. The number of anilines is 1. The topological polar surface area (TPSA) is 77.2 Å². The quantitative estimate of drug-likeness (QED) is 0.914. The summed E-state index contributed by atoms with van der Waals surface area (Å²) in [6, 6.07) is 13.9. The van der Waals surface area contributed by atoms with Gasteiger partial charge >= 0.3 is 5.97 Å². The summed E-state index contributed by atoms with van der Waals surface area (Å²) < 4.78 is 0. The van der Waals surface area contributed by atoms with E-state index in [1.54, 1.807) is 0 Å². The van der Waals surface area contributed by atoms with E-state index in [9.17, 15) is 15.2 Å². The molecule has 0 radical (unpaired) electrons. The van der Waals surface area contributed by atoms with Crippen molar-refractivity contribution in [3.8, 4) is 6.07 Å². The average Bonchev–Trinajstić information content (AvgIpc) is 2.62. The third-order valence-electron chi connectivity index (χ3n) is 5.15. The number of aliphatic carboxylic acids is 1. The maximum absolute atomic E-state index is 12.2. The van der Waals surface area contributed by atoms with Gasteiger partial charge in [0, 0.05) is 18.8 Å². The van der Waals surface area contributed by atoms with Crippen molar-refractivity contribution >= 4 is 11.8 Å². The Morgan fingerprint density at radius 2 is 2.08 bits per heavy atom. The molecule has 2 heterocycles. The minimum atomic E-state index is -0.869. The number of piperidine rings is 1. The first kappa shape index (κ1) is 17.9. The van der Waals surface area contributed by atoms with Crippen molar-refractivity contribution in [2.24, 2.45) is 5.41 Å². The molecule has 5 heteroatoms. The fraction of sp³-hybridized carbons (Fsp3) is 0.381. The lowest BCUT2D eigenvalue weighted by atomic mass is 9.75. The Labute approximate surface area is 153 Å². The summed E-state index contributed by atoms with van der Waals surface area (Å²) in [5.74, 6) is -0.169. The van der Waals surface area contributed by atoms with Crippen LogP contribution in [-0.2, 0) is 11.2 Å². The van der Waals surface area contributed by atoms with Crippen LogP contribution in [0.5, 0.6) is 0 Å². The molecule has 1 N–H and O–H groups in total. The summed E-state index contributed by atoms with van der Waals surface area (Å²) in [5.41, 5.74) is 2.41. The van der Waals surface area contributed by atoms with Gasteiger partial charge in [0.2, 0.25) is 0 Å². The fourth-order valence-electron chi connectivity index (χ4n) is 3.88. The monoisotopic (exact) mass is 349 g/mol. The average molecular weight is 349 g/mol. The molecule has 3 rings (SSSR count). The van der Waals surface area contributed by atoms with Crippen LogP contribution in [-0.4, -0.2) is 29.1 Å². The van der Waals surface area contributed by atoms with Crippen molar-refractivity contribution in [2.45, 2.75) is 33.1 Å². The lowest BCUT2D eigenvalue weighted by Crippen LogP contribution is -2.49. The number of carboxylic acids is 1. The second-order valence-electron chi connectivity index (χ2n) is 7.16. The largest absolute Gasteiger partial charge is 0.481 e. The molecule has 0 saturated carbocycles. The smallest absolute Gasteiger partial charge is 0.311 e. The van der Waals surface area contributed by atoms with Gasteiger partial charge in [-0.25, -0.2) is 4.98 Å². The van der Waals surface area contributed by atoms with E-state index in [2.05, 4.69) is 11.1 Å². The van der Waals surface area contributed by atoms with Gasteiger partial charge in [-0.05, 0) is 50.3 Å². The highest BCUT2D eigenvalue weighted by Gasteiger charge is 2.43. The number of hydrogen-bond acceptors (Lipinski definition) is 4. The number of nitriles is 1. The maximum atomic E-state index is 12.2. The molecule has 1 aromatic carbocycles. The molecule has 5 nitrogen and oxygen atoms in total. The Balaban J connectivity index is 1.97. The van der Waals surface area contributed by atoms with Gasteiger partial charge in [0.25, 0.3) is 0 Å². The zero-order valence-corrected chi connectivity index (χ0v) is 15.2. The Morgan fingerprint density at radius 3 is 2.73 bits per heavy atom. The first-order chi connectivity index (χ1) is 12.4. The Hall–Kier alpha value is -2.87. The normalized spacial score (nSPS) is 19.8. The van der Waals surface area contributed by atoms with E-state index in [4.69, 9.17) is 0 Å². The number of nitrogens with zero attached hydrogens (tertiary/aromatic N) is 3. The summed E-state index contributed by atoms with van der Waals surface area (Å²) in [6.07, 6.45) is 1.87. The molecular weight excluding hydrogens is 326 g/mol. The number of carbonyl (C=O) groups is 1. The molecule has 26 heavy (non-hydrogen) atoms. The van der Waals surface area contributed by atoms with Crippen molar-refractivity contribution < 1.29 is 9.90 Å². The van der Waals surface area contributed by atoms with Crippen LogP contribution in [0.1, 0.15) is 35.2 Å². The van der Waals surface area contributed by atoms with E-state index >= 15 is 0 Å². The molecule has 2 aromatic rings. The van der Waals surface area contributed by atoms with Gasteiger partial charge < -0.3 is 10.0 Å². The van der Waals surface area contributed by atoms with Crippen LogP contribution in [0, 0.1) is 30.6 Å². The molecule has 0 unspecified atom stereocenters. The van der Waals surface area contributed by atoms with E-state index in [1.807, 2.05) is 55.1 Å². The van der Waals surface area contributed by atoms with Gasteiger partial charge in [0.1, 0.15) is 11.9 Å². The van der Waals surface area contributed by atoms with Crippen molar-refractivity contribution in [3.05, 3.63) is 58.8 Å². The van der Waals surface area contributed by atoms with Crippen molar-refractivity contribution in [1.82, 2.24) is 4.98 Å². The molecule has 0 bridgehead atoms. The Morgan fingerprint density at radius 1 is 1.35 bits per heavy atom. The number of aromatic nitrogens is 1. The summed E-state index contributed by atoms with van der Waals surface area (Å²) in [5, 5.41) is 19.6. The number of aryl methyl sites for hydroxylation is 2. The van der Waals surface area contributed by atoms with Gasteiger partial charge in [-0.3, -0.25) is 4.79 Å². The molecule has 1 saturated heterocycles. The highest BCUT2D eigenvalue weighted by molar-refractivity contribution is 5.77. The van der Waals surface area contributed by atoms with E-state index in [0.717, 1.165) is 23.2 Å². The van der Waals surface area contributed by atoms with Gasteiger partial charge in [0.05, 0.1) is 11.0 Å². The molecule has 1 atom stereocenters. The number of pyridine rings is 1. The zero-order valence-electron chi connectivity index (χ0n) is 15.2. The molecule has 134 valence electrons. The standard InChI is InChI=1S/C21H23N3O2/c1-15-11-16(2)23-19(18(15)13-22)24-10-6-9-21(14-24,20(25)26)12-17-7-4-3-5-8-17/h3-5,7-8,11H,6,9-10,12,14H2,1-2H3,(H,25,26)/t21-/m0/s1. The van der Waals surface area contributed by atoms with E-state index in [-0.39, 0.29) is 0 Å². The minimum Gasteiger partial charge on any atom is -0.481 e. The Bertz CT molecular complexity index is 858. The zero-order chi connectivity index (χ0) is 18.7. The molecule has 1 fully saturated rings. The Kier molecular flexibility index (Phi) is 4.94. The van der Waals surface area contributed by atoms with E-state index in [0.29, 0.717) is 37.3 Å². The predicted molar refractivity (Wildman–Crippen MR) is 100 cm³/mol. The molecule has 1 aromatic heterocycles. The number of rotatable bonds is 4. The van der Waals surface area contributed by atoms with Crippen LogP contribution < -0.4 is 4.90 Å². The third-order valence-corrected chi connectivity index (χ3v) is 5.15. The van der Waals surface area contributed by atoms with Crippen LogP contribution in [0.3, 0.4) is 0 Å². The molecular formula is C21H23N3O2. The summed E-state index contributed by atoms with van der Waals surface area (Å²) in [6.45, 7) is 4.88. The third kappa shape index (κ3) is 3.41. The van der Waals surface area contributed by atoms with Crippen LogP contribution in [0.25, 0.3) is 0 Å². The van der Waals surface area contributed by atoms with E-state index < -0.39 is 11.4 Å². The van der Waals surface area contributed by atoms with Gasteiger partial charge in [0.15, 0.2) is 0 Å². The van der Waals surface area contributed by atoms with Crippen molar-refractivity contribution in [2.75, 3.05) is 18.0 Å². The summed E-state index contributed by atoms with van der Waals surface area (Å²) in [4.78, 5) is 18.8. The summed E-state index contributed by atoms with van der Waals surface area (Å²) >= 11 is 0. The SMILES string of the molecule is Cc1cc(C)c(C#N)c(N2CCC[C@@](Cc3ccccc3)(C(=O)O)C2)n1. The number of hydrogen-bond donors (Lipinski definition) is 1. The minimum absolute atomic E-state index is 0.363. The van der Waals surface area contributed by atoms with Gasteiger partial charge in [-0.2, -0.15) is 5.26 Å². The van der Waals surface area contributed by atoms with Crippen LogP contribution >= 0.6 is 0 Å². The first-order valence-electron chi connectivity index (χ1n) is 8.86. The second-order valence-corrected chi connectivity index (χ2v) is 7.16. The number of carboxylic acid groups (broad SMARTS) is 1. The van der Waals surface area contributed by atoms with Gasteiger partial charge in [-0.15, -0.1) is 0 Å². The van der Waals surface area contributed by atoms with Crippen molar-refractivity contribution in [3.63, 3.8) is 0 Å². The lowest BCUT2D eigenvalue weighted by molar-refractivity contribution is -0.149. The molecule has 0 spiro atoms.